The third kappa shape index (κ3) is 4.80. The van der Waals surface area contributed by atoms with Gasteiger partial charge in [-0.1, -0.05) is 19.3 Å². The third-order valence-electron chi connectivity index (χ3n) is 5.20. The van der Waals surface area contributed by atoms with Crippen LogP contribution in [0.1, 0.15) is 51.9 Å². The van der Waals surface area contributed by atoms with E-state index in [4.69, 9.17) is 0 Å². The molecule has 2 aliphatic rings. The Bertz CT molecular complexity index is 472. The molecule has 1 saturated heterocycles. The molecule has 2 fully saturated rings. The Hall–Kier alpha value is -1.36. The van der Waals surface area contributed by atoms with Gasteiger partial charge in [0.2, 0.25) is 5.95 Å². The average Bonchev–Trinajstić information content (AvgIpc) is 2.62. The van der Waals surface area contributed by atoms with Crippen molar-refractivity contribution in [3.63, 3.8) is 0 Å². The van der Waals surface area contributed by atoms with Crippen LogP contribution in [0, 0.1) is 5.92 Å². The zero-order valence-electron chi connectivity index (χ0n) is 14.4. The van der Waals surface area contributed by atoms with Crippen LogP contribution in [-0.4, -0.2) is 47.1 Å². The molecule has 128 valence electrons. The summed E-state index contributed by atoms with van der Waals surface area (Å²) >= 11 is 0. The lowest BCUT2D eigenvalue weighted by Crippen LogP contribution is -2.45. The number of nitrogens with one attached hydrogen (secondary N) is 2. The first-order valence-electron chi connectivity index (χ1n) is 9.40. The maximum Gasteiger partial charge on any atom is 0.224 e. The maximum absolute atomic E-state index is 4.51. The molecule has 1 aliphatic carbocycles. The standard InChI is InChI=1S/C18H31N5/c1-2-19-17-10-11-20-18(22-17)21-13-15-7-6-12-23(14-15)16-8-4-3-5-9-16/h10-11,15-16H,2-9,12-14H2,1H3,(H2,19,20,21,22)/t15-/m1/s1. The normalized spacial score (nSPS) is 23.6. The molecule has 0 aromatic carbocycles. The van der Waals surface area contributed by atoms with Gasteiger partial charge < -0.3 is 15.5 Å². The monoisotopic (exact) mass is 317 g/mol. The van der Waals surface area contributed by atoms with E-state index in [1.807, 2.05) is 12.3 Å². The van der Waals surface area contributed by atoms with Gasteiger partial charge in [0.15, 0.2) is 0 Å². The van der Waals surface area contributed by atoms with Crippen molar-refractivity contribution in [2.45, 2.75) is 57.9 Å². The van der Waals surface area contributed by atoms with Gasteiger partial charge in [-0.25, -0.2) is 4.98 Å². The summed E-state index contributed by atoms with van der Waals surface area (Å²) in [6.07, 6.45) is 11.6. The lowest BCUT2D eigenvalue weighted by Gasteiger charge is -2.40. The highest BCUT2D eigenvalue weighted by Gasteiger charge is 2.26. The summed E-state index contributed by atoms with van der Waals surface area (Å²) in [7, 11) is 0. The van der Waals surface area contributed by atoms with Crippen LogP contribution in [0.15, 0.2) is 12.3 Å². The SMILES string of the molecule is CCNc1ccnc(NC[C@H]2CCCN(C3CCCCC3)C2)n1. The number of piperidine rings is 1. The molecule has 3 rings (SSSR count). The number of likely N-dealkylation sites (tertiary alicyclic amines) is 1. The van der Waals surface area contributed by atoms with Crippen LogP contribution >= 0.6 is 0 Å². The van der Waals surface area contributed by atoms with Gasteiger partial charge in [0.25, 0.3) is 0 Å². The summed E-state index contributed by atoms with van der Waals surface area (Å²) in [5.41, 5.74) is 0. The van der Waals surface area contributed by atoms with E-state index < -0.39 is 0 Å². The third-order valence-corrected chi connectivity index (χ3v) is 5.20. The van der Waals surface area contributed by atoms with Crippen LogP contribution in [0.5, 0.6) is 0 Å². The maximum atomic E-state index is 4.51. The smallest absolute Gasteiger partial charge is 0.224 e. The van der Waals surface area contributed by atoms with Gasteiger partial charge >= 0.3 is 0 Å². The van der Waals surface area contributed by atoms with Crippen molar-refractivity contribution < 1.29 is 0 Å². The quantitative estimate of drug-likeness (QED) is 0.842. The number of rotatable bonds is 6. The molecule has 0 amide bonds. The van der Waals surface area contributed by atoms with Crippen LogP contribution in [0.2, 0.25) is 0 Å². The van der Waals surface area contributed by atoms with Crippen molar-refractivity contribution in [1.29, 1.82) is 0 Å². The van der Waals surface area contributed by atoms with Gasteiger partial charge in [0.1, 0.15) is 5.82 Å². The molecule has 0 unspecified atom stereocenters. The largest absolute Gasteiger partial charge is 0.370 e. The molecule has 1 aromatic rings. The first kappa shape index (κ1) is 16.5. The second kappa shape index (κ2) is 8.48. The van der Waals surface area contributed by atoms with Gasteiger partial charge in [-0.15, -0.1) is 0 Å². The number of anilines is 2. The fourth-order valence-corrected chi connectivity index (χ4v) is 4.00. The highest BCUT2D eigenvalue weighted by atomic mass is 15.2. The topological polar surface area (TPSA) is 53.1 Å². The Morgan fingerprint density at radius 3 is 2.83 bits per heavy atom. The van der Waals surface area contributed by atoms with E-state index in [-0.39, 0.29) is 0 Å². The lowest BCUT2D eigenvalue weighted by atomic mass is 9.90. The Morgan fingerprint density at radius 1 is 1.13 bits per heavy atom. The molecule has 1 atom stereocenters. The minimum Gasteiger partial charge on any atom is -0.370 e. The predicted molar refractivity (Wildman–Crippen MR) is 95.9 cm³/mol. The fraction of sp³-hybridized carbons (Fsp3) is 0.778. The Balaban J connectivity index is 1.48. The summed E-state index contributed by atoms with van der Waals surface area (Å²) in [5, 5.41) is 6.68. The molecule has 0 bridgehead atoms. The van der Waals surface area contributed by atoms with Crippen molar-refractivity contribution in [3.05, 3.63) is 12.3 Å². The van der Waals surface area contributed by atoms with E-state index in [1.165, 1.54) is 58.0 Å². The fourth-order valence-electron chi connectivity index (χ4n) is 4.00. The highest BCUT2D eigenvalue weighted by molar-refractivity contribution is 5.39. The van der Waals surface area contributed by atoms with Crippen molar-refractivity contribution in [3.8, 4) is 0 Å². The first-order chi connectivity index (χ1) is 11.3. The number of aromatic nitrogens is 2. The summed E-state index contributed by atoms with van der Waals surface area (Å²) in [6.45, 7) is 6.49. The predicted octanol–water partition coefficient (Wildman–Crippen LogP) is 3.37. The second-order valence-corrected chi connectivity index (χ2v) is 6.97. The first-order valence-corrected chi connectivity index (χ1v) is 9.40. The van der Waals surface area contributed by atoms with E-state index in [0.717, 1.165) is 36.8 Å². The van der Waals surface area contributed by atoms with Gasteiger partial charge in [-0.05, 0) is 51.1 Å². The zero-order valence-corrected chi connectivity index (χ0v) is 14.4. The van der Waals surface area contributed by atoms with Crippen LogP contribution in [0.25, 0.3) is 0 Å². The van der Waals surface area contributed by atoms with Gasteiger partial charge in [0.05, 0.1) is 0 Å². The Kier molecular flexibility index (Phi) is 6.08. The van der Waals surface area contributed by atoms with E-state index in [9.17, 15) is 0 Å². The van der Waals surface area contributed by atoms with Crippen molar-refractivity contribution in [2.24, 2.45) is 5.92 Å². The Morgan fingerprint density at radius 2 is 2.00 bits per heavy atom. The summed E-state index contributed by atoms with van der Waals surface area (Å²) in [4.78, 5) is 11.6. The van der Waals surface area contributed by atoms with Crippen LogP contribution in [0.4, 0.5) is 11.8 Å². The molecule has 1 aliphatic heterocycles. The number of nitrogens with zero attached hydrogens (tertiary/aromatic N) is 3. The summed E-state index contributed by atoms with van der Waals surface area (Å²) in [5.74, 6) is 2.37. The highest BCUT2D eigenvalue weighted by Crippen LogP contribution is 2.27. The van der Waals surface area contributed by atoms with E-state index in [0.29, 0.717) is 0 Å². The lowest BCUT2D eigenvalue weighted by molar-refractivity contribution is 0.102. The summed E-state index contributed by atoms with van der Waals surface area (Å²) in [6, 6.07) is 2.76. The van der Waals surface area contributed by atoms with Crippen molar-refractivity contribution >= 4 is 11.8 Å². The summed E-state index contributed by atoms with van der Waals surface area (Å²) < 4.78 is 0. The average molecular weight is 317 g/mol. The molecular formula is C18H31N5. The van der Waals surface area contributed by atoms with Crippen LogP contribution in [0.3, 0.4) is 0 Å². The minimum atomic E-state index is 0.720. The van der Waals surface area contributed by atoms with E-state index >= 15 is 0 Å². The zero-order chi connectivity index (χ0) is 15.9. The molecule has 5 nitrogen and oxygen atoms in total. The molecule has 0 radical (unpaired) electrons. The van der Waals surface area contributed by atoms with Crippen LogP contribution in [-0.2, 0) is 0 Å². The van der Waals surface area contributed by atoms with Crippen LogP contribution < -0.4 is 10.6 Å². The van der Waals surface area contributed by atoms with E-state index in [1.54, 1.807) is 0 Å². The molecular weight excluding hydrogens is 286 g/mol. The number of hydrogen-bond donors (Lipinski definition) is 2. The minimum absolute atomic E-state index is 0.720. The molecule has 1 saturated carbocycles. The van der Waals surface area contributed by atoms with Gasteiger partial charge in [0, 0.05) is 31.9 Å². The molecule has 2 heterocycles. The van der Waals surface area contributed by atoms with Crippen molar-refractivity contribution in [1.82, 2.24) is 14.9 Å². The molecule has 1 aromatic heterocycles. The number of hydrogen-bond acceptors (Lipinski definition) is 5. The second-order valence-electron chi connectivity index (χ2n) is 6.97. The molecule has 0 spiro atoms. The molecule has 23 heavy (non-hydrogen) atoms. The Labute approximate surface area is 140 Å². The van der Waals surface area contributed by atoms with Gasteiger partial charge in [-0.2, -0.15) is 4.98 Å². The molecule has 5 heteroatoms. The van der Waals surface area contributed by atoms with Gasteiger partial charge in [-0.3, -0.25) is 0 Å². The molecule has 2 N–H and O–H groups in total. The van der Waals surface area contributed by atoms with Crippen molar-refractivity contribution in [2.75, 3.05) is 36.8 Å². The van der Waals surface area contributed by atoms with E-state index in [2.05, 4.69) is 32.4 Å².